The first-order chi connectivity index (χ1) is 13.8. The molecular formula is C19H18ClF3N2O4. The number of aromatic nitrogens is 1. The zero-order valence-corrected chi connectivity index (χ0v) is 16.2. The first-order valence-corrected chi connectivity index (χ1v) is 9.18. The van der Waals surface area contributed by atoms with Gasteiger partial charge >= 0.3 is 6.18 Å². The number of carbonyl (C=O) groups excluding carboxylic acids is 1. The van der Waals surface area contributed by atoms with Crippen LogP contribution in [0.15, 0.2) is 30.5 Å². The van der Waals surface area contributed by atoms with Crippen molar-refractivity contribution < 1.29 is 32.2 Å². The van der Waals surface area contributed by atoms with Gasteiger partial charge in [0, 0.05) is 24.8 Å². The molecule has 0 atom stereocenters. The number of hydrogen-bond acceptors (Lipinski definition) is 5. The van der Waals surface area contributed by atoms with Gasteiger partial charge in [-0.15, -0.1) is 0 Å². The SMILES string of the molecule is CCN(Cc1cccc2c1OCCO2)C(=O)c1cnc(OCC(F)(F)F)c(Cl)c1. The molecule has 10 heteroatoms. The highest BCUT2D eigenvalue weighted by molar-refractivity contribution is 6.32. The molecule has 0 radical (unpaired) electrons. The van der Waals surface area contributed by atoms with Crippen molar-refractivity contribution in [3.8, 4) is 17.4 Å². The van der Waals surface area contributed by atoms with Crippen LogP contribution >= 0.6 is 11.6 Å². The summed E-state index contributed by atoms with van der Waals surface area (Å²) in [5, 5.41) is -0.176. The van der Waals surface area contributed by atoms with Crippen LogP contribution in [0.5, 0.6) is 17.4 Å². The van der Waals surface area contributed by atoms with Gasteiger partial charge in [-0.05, 0) is 19.1 Å². The van der Waals surface area contributed by atoms with Crippen molar-refractivity contribution in [2.24, 2.45) is 0 Å². The molecule has 0 unspecified atom stereocenters. The number of ether oxygens (including phenoxy) is 3. The molecule has 0 aliphatic carbocycles. The van der Waals surface area contributed by atoms with Crippen molar-refractivity contribution in [1.82, 2.24) is 9.88 Å². The predicted molar refractivity (Wildman–Crippen MR) is 98.6 cm³/mol. The van der Waals surface area contributed by atoms with Gasteiger partial charge in [-0.2, -0.15) is 13.2 Å². The molecule has 2 aromatic rings. The Morgan fingerprint density at radius 3 is 2.76 bits per heavy atom. The van der Waals surface area contributed by atoms with E-state index in [2.05, 4.69) is 9.72 Å². The molecule has 1 aliphatic rings. The van der Waals surface area contributed by atoms with Crippen molar-refractivity contribution in [3.05, 3.63) is 46.6 Å². The predicted octanol–water partition coefficient (Wildman–Crippen LogP) is 4.11. The third-order valence-electron chi connectivity index (χ3n) is 4.10. The van der Waals surface area contributed by atoms with Crippen LogP contribution in [0.25, 0.3) is 0 Å². The molecule has 1 aromatic carbocycles. The van der Waals surface area contributed by atoms with Crippen LogP contribution in [-0.4, -0.2) is 48.3 Å². The van der Waals surface area contributed by atoms with Gasteiger partial charge in [-0.1, -0.05) is 23.7 Å². The summed E-state index contributed by atoms with van der Waals surface area (Å²) in [4.78, 5) is 18.2. The number of halogens is 4. The van der Waals surface area contributed by atoms with Gasteiger partial charge in [0.1, 0.15) is 18.2 Å². The number of carbonyl (C=O) groups is 1. The van der Waals surface area contributed by atoms with Crippen molar-refractivity contribution in [1.29, 1.82) is 0 Å². The smallest absolute Gasteiger partial charge is 0.422 e. The zero-order valence-electron chi connectivity index (χ0n) is 15.5. The van der Waals surface area contributed by atoms with Crippen molar-refractivity contribution in [2.45, 2.75) is 19.6 Å². The van der Waals surface area contributed by atoms with Crippen LogP contribution in [0.2, 0.25) is 5.02 Å². The number of pyridine rings is 1. The van der Waals surface area contributed by atoms with E-state index >= 15 is 0 Å². The fourth-order valence-electron chi connectivity index (χ4n) is 2.77. The summed E-state index contributed by atoms with van der Waals surface area (Å²) in [5.74, 6) is 0.454. The first-order valence-electron chi connectivity index (χ1n) is 8.80. The quantitative estimate of drug-likeness (QED) is 0.690. The Hall–Kier alpha value is -2.68. The van der Waals surface area contributed by atoms with E-state index in [0.29, 0.717) is 31.3 Å². The highest BCUT2D eigenvalue weighted by Gasteiger charge is 2.29. The number of amides is 1. The normalized spacial score (nSPS) is 13.1. The molecule has 0 bridgehead atoms. The Morgan fingerprint density at radius 2 is 2.07 bits per heavy atom. The van der Waals surface area contributed by atoms with Crippen LogP contribution < -0.4 is 14.2 Å². The van der Waals surface area contributed by atoms with Gasteiger partial charge in [0.05, 0.1) is 5.56 Å². The minimum absolute atomic E-state index is 0.137. The number of hydrogen-bond donors (Lipinski definition) is 0. The maximum Gasteiger partial charge on any atom is 0.422 e. The lowest BCUT2D eigenvalue weighted by Crippen LogP contribution is -2.31. The average Bonchev–Trinajstić information content (AvgIpc) is 2.70. The molecular weight excluding hydrogens is 413 g/mol. The molecule has 0 fully saturated rings. The molecule has 6 nitrogen and oxygen atoms in total. The summed E-state index contributed by atoms with van der Waals surface area (Å²) < 4.78 is 52.6. The van der Waals surface area contributed by atoms with Crippen LogP contribution in [0.3, 0.4) is 0 Å². The topological polar surface area (TPSA) is 60.9 Å². The standard InChI is InChI=1S/C19H18ClF3N2O4/c1-2-25(10-12-4-3-5-15-16(12)28-7-6-27-15)18(26)13-8-14(20)17(24-9-13)29-11-19(21,22)23/h3-5,8-9H,2,6-7,10-11H2,1H3. The molecule has 0 spiro atoms. The lowest BCUT2D eigenvalue weighted by atomic mass is 10.1. The maximum absolute atomic E-state index is 12.9. The Bertz CT molecular complexity index is 892. The molecule has 3 rings (SSSR count). The average molecular weight is 431 g/mol. The summed E-state index contributed by atoms with van der Waals surface area (Å²) >= 11 is 5.94. The molecule has 1 aliphatic heterocycles. The summed E-state index contributed by atoms with van der Waals surface area (Å²) in [6, 6.07) is 6.68. The molecule has 1 aromatic heterocycles. The molecule has 2 heterocycles. The van der Waals surface area contributed by atoms with E-state index in [1.165, 1.54) is 11.0 Å². The second-order valence-electron chi connectivity index (χ2n) is 6.18. The summed E-state index contributed by atoms with van der Waals surface area (Å²) in [6.45, 7) is 1.80. The molecule has 156 valence electrons. The number of nitrogens with zero attached hydrogens (tertiary/aromatic N) is 2. The highest BCUT2D eigenvalue weighted by Crippen LogP contribution is 2.34. The molecule has 29 heavy (non-hydrogen) atoms. The van der Waals surface area contributed by atoms with Crippen molar-refractivity contribution >= 4 is 17.5 Å². The maximum atomic E-state index is 12.9. The number of alkyl halides is 3. The summed E-state index contributed by atoms with van der Waals surface area (Å²) in [7, 11) is 0. The summed E-state index contributed by atoms with van der Waals surface area (Å²) in [5.41, 5.74) is 0.916. The minimum Gasteiger partial charge on any atom is -0.486 e. The number of fused-ring (bicyclic) bond motifs is 1. The minimum atomic E-state index is -4.51. The van der Waals surface area contributed by atoms with Gasteiger partial charge < -0.3 is 19.1 Å². The van der Waals surface area contributed by atoms with E-state index in [1.807, 2.05) is 12.1 Å². The van der Waals surface area contributed by atoms with Gasteiger partial charge in [-0.3, -0.25) is 4.79 Å². The second kappa shape index (κ2) is 8.77. The van der Waals surface area contributed by atoms with E-state index in [9.17, 15) is 18.0 Å². The Morgan fingerprint density at radius 1 is 1.31 bits per heavy atom. The van der Waals surface area contributed by atoms with Crippen LogP contribution in [-0.2, 0) is 6.54 Å². The second-order valence-corrected chi connectivity index (χ2v) is 6.58. The van der Waals surface area contributed by atoms with E-state index in [0.717, 1.165) is 11.8 Å². The lowest BCUT2D eigenvalue weighted by molar-refractivity contribution is -0.154. The molecule has 0 saturated heterocycles. The van der Waals surface area contributed by atoms with Gasteiger partial charge in [0.2, 0.25) is 5.88 Å². The van der Waals surface area contributed by atoms with Crippen LogP contribution in [0.4, 0.5) is 13.2 Å². The van der Waals surface area contributed by atoms with E-state index < -0.39 is 12.8 Å². The monoisotopic (exact) mass is 430 g/mol. The Kier molecular flexibility index (Phi) is 6.36. The number of benzene rings is 1. The third kappa shape index (κ3) is 5.23. The fraction of sp³-hybridized carbons (Fsp3) is 0.368. The fourth-order valence-corrected chi connectivity index (χ4v) is 2.99. The Labute approximate surface area is 170 Å². The number of rotatable bonds is 6. The van der Waals surface area contributed by atoms with Crippen LogP contribution in [0, 0.1) is 0 Å². The van der Waals surface area contributed by atoms with Crippen molar-refractivity contribution in [2.75, 3.05) is 26.4 Å². The first kappa shape index (κ1) is 21.0. The highest BCUT2D eigenvalue weighted by atomic mass is 35.5. The summed E-state index contributed by atoms with van der Waals surface area (Å²) in [6.07, 6.45) is -3.37. The third-order valence-corrected chi connectivity index (χ3v) is 4.38. The number of para-hydroxylation sites is 1. The molecule has 1 amide bonds. The van der Waals surface area contributed by atoms with E-state index in [-0.39, 0.29) is 28.9 Å². The van der Waals surface area contributed by atoms with E-state index in [1.54, 1.807) is 13.0 Å². The van der Waals surface area contributed by atoms with Crippen LogP contribution in [0.1, 0.15) is 22.8 Å². The van der Waals surface area contributed by atoms with E-state index in [4.69, 9.17) is 21.1 Å². The Balaban J connectivity index is 1.75. The largest absolute Gasteiger partial charge is 0.486 e. The van der Waals surface area contributed by atoms with Gasteiger partial charge in [0.25, 0.3) is 5.91 Å². The molecule has 0 saturated carbocycles. The lowest BCUT2D eigenvalue weighted by Gasteiger charge is -2.25. The zero-order chi connectivity index (χ0) is 21.0. The van der Waals surface area contributed by atoms with Crippen molar-refractivity contribution in [3.63, 3.8) is 0 Å². The molecule has 0 N–H and O–H groups in total. The van der Waals surface area contributed by atoms with Gasteiger partial charge in [-0.25, -0.2) is 4.98 Å². The van der Waals surface area contributed by atoms with Gasteiger partial charge in [0.15, 0.2) is 18.1 Å².